The van der Waals surface area contributed by atoms with Crippen LogP contribution in [0.25, 0.3) is 0 Å². The largest absolute Gasteiger partial charge is 0.395 e. The third-order valence-electron chi connectivity index (χ3n) is 3.39. The number of aliphatic hydroxyl groups is 1. The quantitative estimate of drug-likeness (QED) is 0.689. The number of benzene rings is 1. The average molecular weight is 280 g/mol. The fourth-order valence-corrected chi connectivity index (χ4v) is 2.14. The molecule has 0 amide bonds. The number of aliphatic hydroxyl groups excluding tert-OH is 1. The van der Waals surface area contributed by atoms with Crippen LogP contribution in [-0.2, 0) is 4.74 Å². The molecule has 0 aromatic heterocycles. The molecule has 4 heteroatoms. The van der Waals surface area contributed by atoms with E-state index in [4.69, 9.17) is 9.84 Å². The van der Waals surface area contributed by atoms with Gasteiger partial charge in [0.2, 0.25) is 0 Å². The summed E-state index contributed by atoms with van der Waals surface area (Å²) in [7, 11) is 1.70. The molecule has 0 fully saturated rings. The molecule has 1 rings (SSSR count). The molecule has 4 nitrogen and oxygen atoms in total. The van der Waals surface area contributed by atoms with Crippen molar-refractivity contribution in [3.05, 3.63) is 29.8 Å². The van der Waals surface area contributed by atoms with E-state index in [1.807, 2.05) is 0 Å². The molecular weight excluding hydrogens is 252 g/mol. The molecule has 114 valence electrons. The minimum Gasteiger partial charge on any atom is -0.395 e. The summed E-state index contributed by atoms with van der Waals surface area (Å²) in [6.45, 7) is 7.63. The highest BCUT2D eigenvalue weighted by molar-refractivity contribution is 5.48. The topological polar surface area (TPSA) is 44.7 Å². The molecule has 0 heterocycles. The second-order valence-corrected chi connectivity index (χ2v) is 4.97. The number of ether oxygens (including phenoxy) is 1. The summed E-state index contributed by atoms with van der Waals surface area (Å²) in [4.78, 5) is 2.14. The molecule has 0 bridgehead atoms. The van der Waals surface area contributed by atoms with Gasteiger partial charge in [0.15, 0.2) is 0 Å². The van der Waals surface area contributed by atoms with Gasteiger partial charge in [-0.1, -0.05) is 19.1 Å². The Morgan fingerprint density at radius 3 is 2.50 bits per heavy atom. The maximum atomic E-state index is 9.14. The Morgan fingerprint density at radius 1 is 1.25 bits per heavy atom. The summed E-state index contributed by atoms with van der Waals surface area (Å²) in [6, 6.07) is 8.91. The minimum atomic E-state index is 0.153. The van der Waals surface area contributed by atoms with Crippen LogP contribution in [-0.4, -0.2) is 45.1 Å². The van der Waals surface area contributed by atoms with Crippen molar-refractivity contribution in [1.29, 1.82) is 0 Å². The lowest BCUT2D eigenvalue weighted by Gasteiger charge is -2.24. The number of nitrogens with one attached hydrogen (secondary N) is 1. The summed E-state index contributed by atoms with van der Waals surface area (Å²) >= 11 is 0. The molecule has 20 heavy (non-hydrogen) atoms. The van der Waals surface area contributed by atoms with Crippen LogP contribution < -0.4 is 10.2 Å². The molecule has 0 saturated heterocycles. The van der Waals surface area contributed by atoms with Crippen LogP contribution >= 0.6 is 0 Å². The lowest BCUT2D eigenvalue weighted by Crippen LogP contribution is -2.30. The number of hydrogen-bond donors (Lipinski definition) is 2. The number of hydrogen-bond acceptors (Lipinski definition) is 4. The van der Waals surface area contributed by atoms with E-state index < -0.39 is 0 Å². The highest BCUT2D eigenvalue weighted by atomic mass is 16.5. The van der Waals surface area contributed by atoms with Crippen molar-refractivity contribution >= 4 is 5.69 Å². The molecule has 0 aliphatic heterocycles. The fourth-order valence-electron chi connectivity index (χ4n) is 2.14. The van der Waals surface area contributed by atoms with E-state index in [0.29, 0.717) is 19.2 Å². The predicted octanol–water partition coefficient (Wildman–Crippen LogP) is 2.19. The lowest BCUT2D eigenvalue weighted by molar-refractivity contribution is 0.203. The molecule has 1 unspecified atom stereocenters. The van der Waals surface area contributed by atoms with Crippen LogP contribution in [0.1, 0.15) is 31.9 Å². The maximum absolute atomic E-state index is 9.14. The van der Waals surface area contributed by atoms with E-state index in [0.717, 1.165) is 25.2 Å². The van der Waals surface area contributed by atoms with Gasteiger partial charge in [-0.15, -0.1) is 0 Å². The van der Waals surface area contributed by atoms with E-state index in [2.05, 4.69) is 48.3 Å². The number of methoxy groups -OCH3 is 1. The smallest absolute Gasteiger partial charge is 0.0637 e. The molecule has 1 aromatic carbocycles. The van der Waals surface area contributed by atoms with Gasteiger partial charge in [0, 0.05) is 31.9 Å². The van der Waals surface area contributed by atoms with Crippen molar-refractivity contribution in [2.75, 3.05) is 44.9 Å². The van der Waals surface area contributed by atoms with Crippen molar-refractivity contribution in [3.8, 4) is 0 Å². The van der Waals surface area contributed by atoms with Crippen LogP contribution in [0, 0.1) is 0 Å². The zero-order valence-corrected chi connectivity index (χ0v) is 12.9. The Bertz CT molecular complexity index is 354. The Morgan fingerprint density at radius 2 is 1.95 bits per heavy atom. The standard InChI is InChI=1S/C16H28N2O2/c1-4-9-17-14(2)15-5-7-16(8-6-15)18(10-12-19)11-13-20-3/h5-8,14,17,19H,4,9-13H2,1-3H3. The van der Waals surface area contributed by atoms with E-state index >= 15 is 0 Å². The van der Waals surface area contributed by atoms with E-state index in [-0.39, 0.29) is 6.61 Å². The Balaban J connectivity index is 2.66. The summed E-state index contributed by atoms with van der Waals surface area (Å²) < 4.78 is 5.11. The van der Waals surface area contributed by atoms with Gasteiger partial charge in [0.25, 0.3) is 0 Å². The predicted molar refractivity (Wildman–Crippen MR) is 84.3 cm³/mol. The Labute approximate surface area is 122 Å². The average Bonchev–Trinajstić information content (AvgIpc) is 2.49. The monoisotopic (exact) mass is 280 g/mol. The number of anilines is 1. The first-order valence-corrected chi connectivity index (χ1v) is 7.41. The van der Waals surface area contributed by atoms with Crippen molar-refractivity contribution in [1.82, 2.24) is 5.32 Å². The van der Waals surface area contributed by atoms with E-state index in [9.17, 15) is 0 Å². The second-order valence-electron chi connectivity index (χ2n) is 4.97. The van der Waals surface area contributed by atoms with E-state index in [1.165, 1.54) is 5.56 Å². The van der Waals surface area contributed by atoms with Crippen LogP contribution in [0.15, 0.2) is 24.3 Å². The Kier molecular flexibility index (Phi) is 8.26. The SMILES string of the molecule is CCCNC(C)c1ccc(N(CCO)CCOC)cc1. The molecule has 0 radical (unpaired) electrons. The van der Waals surface area contributed by atoms with Gasteiger partial charge in [-0.25, -0.2) is 0 Å². The Hall–Kier alpha value is -1.10. The van der Waals surface area contributed by atoms with Gasteiger partial charge in [0.1, 0.15) is 0 Å². The normalized spacial score (nSPS) is 12.4. The molecule has 1 atom stereocenters. The van der Waals surface area contributed by atoms with Crippen molar-refractivity contribution in [2.24, 2.45) is 0 Å². The zero-order chi connectivity index (χ0) is 14.8. The number of nitrogens with zero attached hydrogens (tertiary/aromatic N) is 1. The molecular formula is C16H28N2O2. The molecule has 0 aliphatic carbocycles. The van der Waals surface area contributed by atoms with Crippen molar-refractivity contribution in [3.63, 3.8) is 0 Å². The van der Waals surface area contributed by atoms with Gasteiger partial charge in [-0.05, 0) is 37.6 Å². The van der Waals surface area contributed by atoms with Gasteiger partial charge in [-0.3, -0.25) is 0 Å². The zero-order valence-electron chi connectivity index (χ0n) is 12.9. The third kappa shape index (κ3) is 5.49. The summed E-state index contributed by atoms with van der Waals surface area (Å²) in [5.74, 6) is 0. The number of rotatable bonds is 10. The molecule has 0 saturated carbocycles. The van der Waals surface area contributed by atoms with Gasteiger partial charge in [-0.2, -0.15) is 0 Å². The van der Waals surface area contributed by atoms with Gasteiger partial charge < -0.3 is 20.1 Å². The molecule has 0 spiro atoms. The van der Waals surface area contributed by atoms with Gasteiger partial charge >= 0.3 is 0 Å². The molecule has 0 aliphatic rings. The van der Waals surface area contributed by atoms with Crippen LogP contribution in [0.3, 0.4) is 0 Å². The van der Waals surface area contributed by atoms with Crippen molar-refractivity contribution < 1.29 is 9.84 Å². The minimum absolute atomic E-state index is 0.153. The third-order valence-corrected chi connectivity index (χ3v) is 3.39. The van der Waals surface area contributed by atoms with Crippen LogP contribution in [0.5, 0.6) is 0 Å². The lowest BCUT2D eigenvalue weighted by atomic mass is 10.1. The molecule has 1 aromatic rings. The van der Waals surface area contributed by atoms with Crippen LogP contribution in [0.2, 0.25) is 0 Å². The summed E-state index contributed by atoms with van der Waals surface area (Å²) in [6.07, 6.45) is 1.14. The first-order chi connectivity index (χ1) is 9.72. The van der Waals surface area contributed by atoms with Crippen molar-refractivity contribution in [2.45, 2.75) is 26.3 Å². The second kappa shape index (κ2) is 9.75. The van der Waals surface area contributed by atoms with Crippen LogP contribution in [0.4, 0.5) is 5.69 Å². The van der Waals surface area contributed by atoms with E-state index in [1.54, 1.807) is 7.11 Å². The maximum Gasteiger partial charge on any atom is 0.0637 e. The first-order valence-electron chi connectivity index (χ1n) is 7.41. The van der Waals surface area contributed by atoms with Gasteiger partial charge in [0.05, 0.1) is 13.2 Å². The highest BCUT2D eigenvalue weighted by Gasteiger charge is 2.08. The molecule has 2 N–H and O–H groups in total. The summed E-state index contributed by atoms with van der Waals surface area (Å²) in [5, 5.41) is 12.6. The fraction of sp³-hybridized carbons (Fsp3) is 0.625. The first kappa shape index (κ1) is 17.0. The highest BCUT2D eigenvalue weighted by Crippen LogP contribution is 2.19. The summed E-state index contributed by atoms with van der Waals surface area (Å²) in [5.41, 5.74) is 2.42.